The third-order valence-corrected chi connectivity index (χ3v) is 3.87. The van der Waals surface area contributed by atoms with Gasteiger partial charge in [-0.1, -0.05) is 18.2 Å². The van der Waals surface area contributed by atoms with Crippen molar-refractivity contribution < 1.29 is 27.4 Å². The van der Waals surface area contributed by atoms with Crippen LogP contribution >= 0.6 is 0 Å². The number of nitrogens with one attached hydrogen (secondary N) is 1. The summed E-state index contributed by atoms with van der Waals surface area (Å²) in [4.78, 5) is 12.4. The number of aromatic nitrogens is 2. The lowest BCUT2D eigenvalue weighted by Gasteiger charge is -2.10. The minimum absolute atomic E-state index is 0.0382. The van der Waals surface area contributed by atoms with Crippen molar-refractivity contribution in [2.45, 2.75) is 12.7 Å². The summed E-state index contributed by atoms with van der Waals surface area (Å²) in [5.74, 6) is 0.211. The topological polar surface area (TPSA) is 65.4 Å². The summed E-state index contributed by atoms with van der Waals surface area (Å²) in [5, 5.41) is 6.86. The molecular formula is C20H18F3N3O3. The van der Waals surface area contributed by atoms with E-state index in [9.17, 15) is 18.0 Å². The zero-order chi connectivity index (χ0) is 20.9. The molecule has 0 radical (unpaired) electrons. The molecule has 3 aromatic rings. The van der Waals surface area contributed by atoms with Gasteiger partial charge in [-0.25, -0.2) is 0 Å². The lowest BCUT2D eigenvalue weighted by atomic mass is 10.2. The molecule has 0 bridgehead atoms. The number of halogens is 3. The van der Waals surface area contributed by atoms with Gasteiger partial charge >= 0.3 is 6.18 Å². The molecule has 0 aliphatic carbocycles. The predicted molar refractivity (Wildman–Crippen MR) is 100 cm³/mol. The molecule has 3 rings (SSSR count). The molecule has 0 saturated carbocycles. The number of nitrogens with zero attached hydrogens (tertiary/aromatic N) is 2. The zero-order valence-corrected chi connectivity index (χ0v) is 15.4. The Kier molecular flexibility index (Phi) is 6.06. The zero-order valence-electron chi connectivity index (χ0n) is 15.4. The van der Waals surface area contributed by atoms with Crippen LogP contribution in [0, 0.1) is 0 Å². The highest BCUT2D eigenvalue weighted by atomic mass is 19.4. The van der Waals surface area contributed by atoms with E-state index in [1.165, 1.54) is 30.5 Å². The second kappa shape index (κ2) is 8.68. The number of rotatable bonds is 7. The van der Waals surface area contributed by atoms with Gasteiger partial charge in [0.2, 0.25) is 0 Å². The van der Waals surface area contributed by atoms with Gasteiger partial charge in [0.15, 0.2) is 6.61 Å². The third-order valence-electron chi connectivity index (χ3n) is 3.87. The van der Waals surface area contributed by atoms with Crippen molar-refractivity contribution in [2.75, 3.05) is 19.0 Å². The molecule has 0 aliphatic rings. The first-order valence-electron chi connectivity index (χ1n) is 8.59. The molecule has 2 aromatic carbocycles. The second-order valence-electron chi connectivity index (χ2n) is 6.16. The van der Waals surface area contributed by atoms with Gasteiger partial charge in [-0.3, -0.25) is 9.48 Å². The van der Waals surface area contributed by atoms with Crippen LogP contribution < -0.4 is 14.8 Å². The molecule has 0 aliphatic heterocycles. The van der Waals surface area contributed by atoms with Crippen molar-refractivity contribution in [1.29, 1.82) is 0 Å². The lowest BCUT2D eigenvalue weighted by Crippen LogP contribution is -2.19. The summed E-state index contributed by atoms with van der Waals surface area (Å²) in [5.41, 5.74) is 1.60. The van der Waals surface area contributed by atoms with E-state index in [1.54, 1.807) is 18.0 Å². The molecule has 0 spiro atoms. The van der Waals surface area contributed by atoms with Crippen LogP contribution in [0.15, 0.2) is 60.9 Å². The van der Waals surface area contributed by atoms with Gasteiger partial charge in [0.05, 0.1) is 25.5 Å². The van der Waals surface area contributed by atoms with Crippen LogP contribution in [0.5, 0.6) is 11.5 Å². The molecule has 6 nitrogen and oxygen atoms in total. The van der Waals surface area contributed by atoms with Crippen molar-refractivity contribution in [3.05, 3.63) is 72.1 Å². The fraction of sp³-hybridized carbons (Fsp3) is 0.200. The highest BCUT2D eigenvalue weighted by molar-refractivity contribution is 6.04. The van der Waals surface area contributed by atoms with Crippen molar-refractivity contribution in [3.63, 3.8) is 0 Å². The van der Waals surface area contributed by atoms with Crippen LogP contribution in [0.2, 0.25) is 0 Å². The number of anilines is 1. The molecule has 1 amide bonds. The van der Waals surface area contributed by atoms with E-state index in [2.05, 4.69) is 15.2 Å². The maximum absolute atomic E-state index is 12.4. The fourth-order valence-corrected chi connectivity index (χ4v) is 2.57. The highest BCUT2D eigenvalue weighted by Gasteiger charge is 2.28. The van der Waals surface area contributed by atoms with Crippen LogP contribution in [0.3, 0.4) is 0 Å². The number of methoxy groups -OCH3 is 1. The van der Waals surface area contributed by atoms with E-state index in [4.69, 9.17) is 4.74 Å². The Balaban J connectivity index is 1.62. The Morgan fingerprint density at radius 3 is 2.66 bits per heavy atom. The Bertz CT molecular complexity index is 986. The number of alkyl halides is 3. The smallest absolute Gasteiger partial charge is 0.422 e. The Morgan fingerprint density at radius 1 is 1.14 bits per heavy atom. The minimum atomic E-state index is -4.45. The van der Waals surface area contributed by atoms with E-state index >= 15 is 0 Å². The van der Waals surface area contributed by atoms with E-state index in [1.807, 2.05) is 24.3 Å². The quantitative estimate of drug-likeness (QED) is 0.642. The van der Waals surface area contributed by atoms with Gasteiger partial charge in [0.25, 0.3) is 5.91 Å². The summed E-state index contributed by atoms with van der Waals surface area (Å²) in [6.07, 6.45) is -1.31. The van der Waals surface area contributed by atoms with Crippen molar-refractivity contribution in [3.8, 4) is 11.5 Å². The molecule has 29 heavy (non-hydrogen) atoms. The monoisotopic (exact) mass is 405 g/mol. The molecule has 1 aromatic heterocycles. The summed E-state index contributed by atoms with van der Waals surface area (Å²) in [7, 11) is 1.59. The largest absolute Gasteiger partial charge is 0.497 e. The Hall–Kier alpha value is -3.49. The van der Waals surface area contributed by atoms with Crippen LogP contribution in [-0.2, 0) is 6.54 Å². The molecule has 0 fully saturated rings. The van der Waals surface area contributed by atoms with Gasteiger partial charge in [-0.15, -0.1) is 0 Å². The van der Waals surface area contributed by atoms with Crippen LogP contribution in [0.25, 0.3) is 0 Å². The third kappa shape index (κ3) is 6.00. The molecule has 1 N–H and O–H groups in total. The van der Waals surface area contributed by atoms with Crippen molar-refractivity contribution in [1.82, 2.24) is 9.78 Å². The first kappa shape index (κ1) is 20.2. The van der Waals surface area contributed by atoms with E-state index in [0.717, 1.165) is 11.3 Å². The molecule has 152 valence electrons. The number of ether oxygens (including phenoxy) is 2. The average molecular weight is 405 g/mol. The number of amides is 1. The van der Waals surface area contributed by atoms with E-state index in [-0.39, 0.29) is 11.3 Å². The molecule has 0 atom stereocenters. The lowest BCUT2D eigenvalue weighted by molar-refractivity contribution is -0.153. The second-order valence-corrected chi connectivity index (χ2v) is 6.16. The van der Waals surface area contributed by atoms with Gasteiger partial charge in [-0.05, 0) is 35.9 Å². The van der Waals surface area contributed by atoms with Gasteiger partial charge in [-0.2, -0.15) is 18.3 Å². The summed E-state index contributed by atoms with van der Waals surface area (Å²) >= 11 is 0. The highest BCUT2D eigenvalue weighted by Crippen LogP contribution is 2.20. The average Bonchev–Trinajstić information content (AvgIpc) is 3.13. The summed E-state index contributed by atoms with van der Waals surface area (Å²) < 4.78 is 48.3. The number of carbonyl (C=O) groups is 1. The standard InChI is InChI=1S/C20H18F3N3O3/c1-28-17-6-2-4-14(8-17)11-26-12-16(10-24-26)25-19(27)15-5-3-7-18(9-15)29-13-20(21,22)23/h2-10,12H,11,13H2,1H3,(H,25,27). The number of hydrogen-bond acceptors (Lipinski definition) is 4. The molecule has 9 heteroatoms. The molecular weight excluding hydrogens is 387 g/mol. The molecule has 1 heterocycles. The number of benzene rings is 2. The number of hydrogen-bond donors (Lipinski definition) is 1. The van der Waals surface area contributed by atoms with Crippen molar-refractivity contribution >= 4 is 11.6 Å². The SMILES string of the molecule is COc1cccc(Cn2cc(NC(=O)c3cccc(OCC(F)(F)F)c3)cn2)c1. The van der Waals surface area contributed by atoms with Crippen molar-refractivity contribution in [2.24, 2.45) is 0 Å². The maximum atomic E-state index is 12.4. The predicted octanol–water partition coefficient (Wildman–Crippen LogP) is 4.13. The van der Waals surface area contributed by atoms with E-state index < -0.39 is 18.7 Å². The van der Waals surface area contributed by atoms with Gasteiger partial charge in [0, 0.05) is 11.8 Å². The van der Waals surface area contributed by atoms with Gasteiger partial charge < -0.3 is 14.8 Å². The minimum Gasteiger partial charge on any atom is -0.497 e. The Morgan fingerprint density at radius 2 is 1.90 bits per heavy atom. The first-order valence-corrected chi connectivity index (χ1v) is 8.59. The van der Waals surface area contributed by atoms with Crippen LogP contribution in [0.1, 0.15) is 15.9 Å². The maximum Gasteiger partial charge on any atom is 0.422 e. The van der Waals surface area contributed by atoms with Crippen LogP contribution in [0.4, 0.5) is 18.9 Å². The number of carbonyl (C=O) groups excluding carboxylic acids is 1. The summed E-state index contributed by atoms with van der Waals surface area (Å²) in [6.45, 7) is -0.942. The summed E-state index contributed by atoms with van der Waals surface area (Å²) in [6, 6.07) is 13.1. The fourth-order valence-electron chi connectivity index (χ4n) is 2.57. The molecule has 0 saturated heterocycles. The first-order chi connectivity index (χ1) is 13.8. The van der Waals surface area contributed by atoms with Gasteiger partial charge in [0.1, 0.15) is 11.5 Å². The van der Waals surface area contributed by atoms with E-state index in [0.29, 0.717) is 12.2 Å². The van der Waals surface area contributed by atoms with Crippen LogP contribution in [-0.4, -0.2) is 35.6 Å². The molecule has 0 unspecified atom stereocenters. The normalized spacial score (nSPS) is 11.2. The Labute approximate surface area is 164 Å².